The van der Waals surface area contributed by atoms with Crippen molar-refractivity contribution in [3.8, 4) is 0 Å². The minimum absolute atomic E-state index is 0. The second-order valence-electron chi connectivity index (χ2n) is 13.6. The monoisotopic (exact) mass is 650 g/mol. The topological polar surface area (TPSA) is 57.8 Å². The molecule has 1 atom stereocenters. The molecule has 2 N–H and O–H groups in total. The molecule has 264 valence electrons. The third-order valence-corrected chi connectivity index (χ3v) is 9.22. The fraction of sp³-hybridized carbons (Fsp3) is 0.850. The highest BCUT2D eigenvalue weighted by molar-refractivity contribution is 5.85. The Kier molecular flexibility index (Phi) is 33.1. The first kappa shape index (κ1) is 43.7. The van der Waals surface area contributed by atoms with Gasteiger partial charge in [0, 0.05) is 6.42 Å². The molecule has 0 radical (unpaired) electrons. The van der Waals surface area contributed by atoms with Crippen LogP contribution < -0.4 is 5.32 Å². The van der Waals surface area contributed by atoms with E-state index >= 15 is 0 Å². The van der Waals surface area contributed by atoms with Gasteiger partial charge in [0.15, 0.2) is 0 Å². The van der Waals surface area contributed by atoms with Gasteiger partial charge in [-0.25, -0.2) is 4.98 Å². The number of imidazole rings is 1. The highest BCUT2D eigenvalue weighted by Gasteiger charge is 2.11. The smallest absolute Gasteiger partial charge is 0.220 e. The van der Waals surface area contributed by atoms with E-state index in [4.69, 9.17) is 0 Å². The van der Waals surface area contributed by atoms with Crippen molar-refractivity contribution in [3.05, 3.63) is 23.8 Å². The Labute approximate surface area is 287 Å². The third kappa shape index (κ3) is 28.6. The van der Waals surface area contributed by atoms with Crippen LogP contribution >= 0.6 is 12.4 Å². The Morgan fingerprint density at radius 2 is 1.02 bits per heavy atom. The molecule has 0 saturated carbocycles. The molecule has 0 aliphatic carbocycles. The van der Waals surface area contributed by atoms with E-state index in [1.807, 2.05) is 13.1 Å². The average molecular weight is 651 g/mol. The molecular weight excluding hydrogens is 574 g/mol. The van der Waals surface area contributed by atoms with Gasteiger partial charge in [-0.15, -0.1) is 12.4 Å². The molecule has 0 aliphatic heterocycles. The van der Waals surface area contributed by atoms with E-state index in [-0.39, 0.29) is 24.4 Å². The molecule has 1 unspecified atom stereocenters. The molecule has 0 saturated heterocycles. The van der Waals surface area contributed by atoms with E-state index in [2.05, 4.69) is 41.3 Å². The lowest BCUT2D eigenvalue weighted by atomic mass is 10.0. The van der Waals surface area contributed by atoms with Gasteiger partial charge < -0.3 is 10.3 Å². The first-order chi connectivity index (χ1) is 21.7. The zero-order valence-corrected chi connectivity index (χ0v) is 31.1. The number of halogens is 1. The van der Waals surface area contributed by atoms with Gasteiger partial charge in [0.2, 0.25) is 5.91 Å². The fourth-order valence-corrected chi connectivity index (χ4v) is 6.18. The first-order valence-electron chi connectivity index (χ1n) is 19.7. The molecule has 0 aromatic carbocycles. The fourth-order valence-electron chi connectivity index (χ4n) is 6.18. The Morgan fingerprint density at radius 1 is 0.644 bits per heavy atom. The van der Waals surface area contributed by atoms with E-state index < -0.39 is 0 Å². The van der Waals surface area contributed by atoms with Crippen molar-refractivity contribution in [2.24, 2.45) is 0 Å². The second kappa shape index (κ2) is 34.1. The highest BCUT2D eigenvalue weighted by Crippen LogP contribution is 2.16. The van der Waals surface area contributed by atoms with Crippen LogP contribution in [0.25, 0.3) is 6.08 Å². The summed E-state index contributed by atoms with van der Waals surface area (Å²) in [5.74, 6) is 1.04. The van der Waals surface area contributed by atoms with Crippen LogP contribution in [-0.2, 0) is 4.79 Å². The predicted octanol–water partition coefficient (Wildman–Crippen LogP) is 13.8. The highest BCUT2D eigenvalue weighted by atomic mass is 35.5. The summed E-state index contributed by atoms with van der Waals surface area (Å²) in [5, 5.41) is 3.15. The Hall–Kier alpha value is -1.29. The molecule has 5 heteroatoms. The van der Waals surface area contributed by atoms with Crippen molar-refractivity contribution in [3.63, 3.8) is 0 Å². The van der Waals surface area contributed by atoms with Crippen molar-refractivity contribution in [1.29, 1.82) is 0 Å². The van der Waals surface area contributed by atoms with Gasteiger partial charge in [-0.3, -0.25) is 4.79 Å². The number of rotatable bonds is 33. The average Bonchev–Trinajstić information content (AvgIpc) is 3.50. The summed E-state index contributed by atoms with van der Waals surface area (Å²) in [4.78, 5) is 20.3. The van der Waals surface area contributed by atoms with E-state index in [0.29, 0.717) is 6.42 Å². The minimum atomic E-state index is -0.0328. The van der Waals surface area contributed by atoms with E-state index in [1.54, 1.807) is 0 Å². The number of carbonyl (C=O) groups excluding carboxylic acids is 1. The van der Waals surface area contributed by atoms with Gasteiger partial charge in [0.05, 0.1) is 17.9 Å². The Balaban J connectivity index is 0.0000194. The number of allylic oxidation sites excluding steroid dienone is 1. The number of unbranched alkanes of at least 4 members (excludes halogenated alkanes) is 27. The summed E-state index contributed by atoms with van der Waals surface area (Å²) < 4.78 is 0. The molecule has 4 nitrogen and oxygen atoms in total. The van der Waals surface area contributed by atoms with Gasteiger partial charge in [-0.1, -0.05) is 187 Å². The zero-order valence-electron chi connectivity index (χ0n) is 30.3. The number of hydrogen-bond acceptors (Lipinski definition) is 2. The normalized spacial score (nSPS) is 12.1. The lowest BCUT2D eigenvalue weighted by molar-refractivity contribution is -0.121. The van der Waals surface area contributed by atoms with Crippen LogP contribution in [-0.4, -0.2) is 15.9 Å². The Morgan fingerprint density at radius 3 is 1.44 bits per heavy atom. The summed E-state index contributed by atoms with van der Waals surface area (Å²) in [5.41, 5.74) is 0.982. The van der Waals surface area contributed by atoms with Crippen LogP contribution in [0.1, 0.15) is 231 Å². The van der Waals surface area contributed by atoms with Gasteiger partial charge in [0.1, 0.15) is 5.82 Å². The van der Waals surface area contributed by atoms with Crippen LogP contribution in [0.3, 0.4) is 0 Å². The van der Waals surface area contributed by atoms with E-state index in [9.17, 15) is 4.79 Å². The van der Waals surface area contributed by atoms with Crippen molar-refractivity contribution in [2.45, 2.75) is 219 Å². The molecule has 0 spiro atoms. The zero-order chi connectivity index (χ0) is 31.8. The van der Waals surface area contributed by atoms with E-state index in [1.165, 1.54) is 167 Å². The van der Waals surface area contributed by atoms with Crippen molar-refractivity contribution in [1.82, 2.24) is 15.3 Å². The van der Waals surface area contributed by atoms with Gasteiger partial charge in [0.25, 0.3) is 0 Å². The molecule has 1 rings (SSSR count). The standard InChI is InChI=1S/C40H75N3O.ClH/c1-4-6-8-10-12-14-16-18-20-22-24-26-28-30-32-34-39-41-36-38(43-39)37(3)42-40(44)35-33-31-29-27-25-23-21-19-17-15-13-11-9-7-5-2;/h32,34,36-37H,4-31,33,35H2,1-3H3,(H,41,43)(H,42,44);1H. The number of nitrogens with one attached hydrogen (secondary N) is 2. The molecular formula is C40H76ClN3O. The van der Waals surface area contributed by atoms with Crippen molar-refractivity contribution in [2.75, 3.05) is 0 Å². The minimum Gasteiger partial charge on any atom is -0.348 e. The van der Waals surface area contributed by atoms with Crippen molar-refractivity contribution < 1.29 is 4.79 Å². The van der Waals surface area contributed by atoms with Gasteiger partial charge in [-0.2, -0.15) is 0 Å². The first-order valence-corrected chi connectivity index (χ1v) is 19.7. The molecule has 45 heavy (non-hydrogen) atoms. The van der Waals surface area contributed by atoms with Crippen LogP contribution in [0.15, 0.2) is 12.3 Å². The molecule has 0 aliphatic rings. The molecule has 1 aromatic heterocycles. The number of H-pyrrole nitrogens is 1. The number of amides is 1. The number of nitrogens with zero attached hydrogens (tertiary/aromatic N) is 1. The largest absolute Gasteiger partial charge is 0.348 e. The van der Waals surface area contributed by atoms with Crippen LogP contribution in [0.5, 0.6) is 0 Å². The third-order valence-electron chi connectivity index (χ3n) is 9.22. The van der Waals surface area contributed by atoms with Crippen LogP contribution in [0, 0.1) is 0 Å². The lowest BCUT2D eigenvalue weighted by Gasteiger charge is -2.12. The SMILES string of the molecule is CCCCCCCCCCCCCCCC=Cc1ncc(C(C)NC(=O)CCCCCCCCCCCCCCCCC)[nH]1.Cl. The van der Waals surface area contributed by atoms with Crippen LogP contribution in [0.2, 0.25) is 0 Å². The maximum absolute atomic E-state index is 12.4. The summed E-state index contributed by atoms with van der Waals surface area (Å²) >= 11 is 0. The molecule has 1 heterocycles. The van der Waals surface area contributed by atoms with Gasteiger partial charge in [-0.05, 0) is 32.3 Å². The molecule has 1 aromatic rings. The lowest BCUT2D eigenvalue weighted by Crippen LogP contribution is -2.26. The summed E-state index contributed by atoms with van der Waals surface area (Å²) in [6.07, 6.45) is 46.3. The van der Waals surface area contributed by atoms with Crippen molar-refractivity contribution >= 4 is 24.4 Å². The molecule has 0 fully saturated rings. The number of aromatic nitrogens is 2. The summed E-state index contributed by atoms with van der Waals surface area (Å²) in [6.45, 7) is 6.62. The number of hydrogen-bond donors (Lipinski definition) is 2. The number of carbonyl (C=O) groups is 1. The maximum atomic E-state index is 12.4. The quantitative estimate of drug-likeness (QED) is 0.0744. The molecule has 1 amide bonds. The van der Waals surface area contributed by atoms with Gasteiger partial charge >= 0.3 is 0 Å². The van der Waals surface area contributed by atoms with Crippen LogP contribution in [0.4, 0.5) is 0 Å². The summed E-state index contributed by atoms with van der Waals surface area (Å²) in [6, 6.07) is -0.0328. The maximum Gasteiger partial charge on any atom is 0.220 e. The number of aromatic amines is 1. The predicted molar refractivity (Wildman–Crippen MR) is 201 cm³/mol. The summed E-state index contributed by atoms with van der Waals surface area (Å²) in [7, 11) is 0. The Bertz CT molecular complexity index is 777. The molecule has 0 bridgehead atoms. The van der Waals surface area contributed by atoms with E-state index in [0.717, 1.165) is 30.8 Å². The second-order valence-corrected chi connectivity index (χ2v) is 13.6.